The molecule has 2 aromatic carbocycles. The zero-order chi connectivity index (χ0) is 30.8. The molecule has 0 spiro atoms. The molecule has 1 aromatic heterocycles. The van der Waals surface area contributed by atoms with Gasteiger partial charge in [-0.3, -0.25) is 0 Å². The third-order valence-corrected chi connectivity index (χ3v) is 10.1. The number of methoxy groups -OCH3 is 1. The monoisotopic (exact) mass is 612 g/mol. The number of aromatic nitrogens is 2. The first-order valence-corrected chi connectivity index (χ1v) is 16.7. The van der Waals surface area contributed by atoms with Crippen LogP contribution in [0.4, 0.5) is 14.9 Å². The molecule has 43 heavy (non-hydrogen) atoms. The van der Waals surface area contributed by atoms with Crippen molar-refractivity contribution in [2.75, 3.05) is 31.7 Å². The van der Waals surface area contributed by atoms with E-state index in [9.17, 15) is 13.4 Å². The lowest BCUT2D eigenvalue weighted by molar-refractivity contribution is 0.0268. The normalized spacial score (nSPS) is 20.6. The minimum atomic E-state index is -2.55. The standard InChI is InChI=1S/C32H41FN4O5S/c1-21-16-24(36-43(39)14-12-37(13-15-43)31(38)42-32(2,3)4)19-28-30(21)27(34-20-35-28)17-22-6-7-23(33)18-29(22)41-26-10-8-25(40-5)9-11-26/h6-7,16,18-20,25-26H,8-15,17H2,1-5H3. The first-order chi connectivity index (χ1) is 20.4. The number of hydrogen-bond donors (Lipinski definition) is 0. The topological polar surface area (TPSA) is 103 Å². The van der Waals surface area contributed by atoms with Crippen molar-refractivity contribution >= 4 is 32.4 Å². The van der Waals surface area contributed by atoms with Crippen LogP contribution in [0.2, 0.25) is 0 Å². The van der Waals surface area contributed by atoms with Gasteiger partial charge in [-0.1, -0.05) is 6.07 Å². The molecule has 9 nitrogen and oxygen atoms in total. The summed E-state index contributed by atoms with van der Waals surface area (Å²) in [6.07, 6.45) is 5.38. The van der Waals surface area contributed by atoms with Crippen LogP contribution in [0, 0.1) is 12.7 Å². The van der Waals surface area contributed by atoms with Gasteiger partial charge < -0.3 is 19.1 Å². The molecular formula is C32H41FN4O5S. The first-order valence-electron chi connectivity index (χ1n) is 14.8. The smallest absolute Gasteiger partial charge is 0.410 e. The van der Waals surface area contributed by atoms with Crippen LogP contribution in [-0.4, -0.2) is 74.7 Å². The van der Waals surface area contributed by atoms with Gasteiger partial charge in [0.25, 0.3) is 0 Å². The van der Waals surface area contributed by atoms with Gasteiger partial charge in [-0.15, -0.1) is 0 Å². The van der Waals surface area contributed by atoms with Gasteiger partial charge >= 0.3 is 6.09 Å². The van der Waals surface area contributed by atoms with Gasteiger partial charge in [0.15, 0.2) is 0 Å². The third kappa shape index (κ3) is 7.80. The Kier molecular flexibility index (Phi) is 9.22. The van der Waals surface area contributed by atoms with E-state index >= 15 is 0 Å². The summed E-state index contributed by atoms with van der Waals surface area (Å²) in [4.78, 5) is 23.1. The van der Waals surface area contributed by atoms with Crippen molar-refractivity contribution in [2.45, 2.75) is 77.6 Å². The van der Waals surface area contributed by atoms with Crippen molar-refractivity contribution in [3.05, 3.63) is 59.3 Å². The number of fused-ring (bicyclic) bond motifs is 1. The third-order valence-electron chi connectivity index (χ3n) is 7.92. The van der Waals surface area contributed by atoms with E-state index in [0.29, 0.717) is 36.5 Å². The molecule has 0 radical (unpaired) electrons. The number of benzene rings is 2. The fourth-order valence-electron chi connectivity index (χ4n) is 5.68. The molecule has 2 aliphatic rings. The second-order valence-corrected chi connectivity index (χ2v) is 14.9. The molecule has 1 saturated heterocycles. The maximum atomic E-state index is 14.3. The number of amides is 1. The van der Waals surface area contributed by atoms with Gasteiger partial charge in [-0.2, -0.15) is 4.36 Å². The molecule has 1 aliphatic carbocycles. The fraction of sp³-hybridized carbons (Fsp3) is 0.531. The molecule has 5 rings (SSSR count). The zero-order valence-corrected chi connectivity index (χ0v) is 26.4. The summed E-state index contributed by atoms with van der Waals surface area (Å²) in [5.74, 6) is 0.745. The fourth-order valence-corrected chi connectivity index (χ4v) is 7.57. The van der Waals surface area contributed by atoms with Crippen LogP contribution in [-0.2, 0) is 25.6 Å². The average molecular weight is 613 g/mol. The summed E-state index contributed by atoms with van der Waals surface area (Å²) in [5.41, 5.74) is 3.25. The van der Waals surface area contributed by atoms with Crippen molar-refractivity contribution in [3.63, 3.8) is 0 Å². The Balaban J connectivity index is 1.35. The Bertz CT molecular complexity index is 1590. The predicted molar refractivity (Wildman–Crippen MR) is 165 cm³/mol. The first kappa shape index (κ1) is 31.1. The van der Waals surface area contributed by atoms with Gasteiger partial charge in [0.2, 0.25) is 0 Å². The molecule has 3 aromatic rings. The molecule has 1 amide bonds. The van der Waals surface area contributed by atoms with Crippen LogP contribution in [0.15, 0.2) is 41.0 Å². The SMILES string of the molecule is COC1CCC(Oc2cc(F)ccc2Cc2ncnc3cc(N=S4(=O)CCN(C(=O)OC(C)(C)C)CC4)cc(C)c23)CC1. The lowest BCUT2D eigenvalue weighted by Crippen LogP contribution is -2.45. The molecule has 1 saturated carbocycles. The van der Waals surface area contributed by atoms with Crippen molar-refractivity contribution in [3.8, 4) is 5.75 Å². The lowest BCUT2D eigenvalue weighted by Gasteiger charge is -2.31. The molecule has 0 bridgehead atoms. The number of nitrogens with zero attached hydrogens (tertiary/aromatic N) is 4. The largest absolute Gasteiger partial charge is 0.490 e. The highest BCUT2D eigenvalue weighted by atomic mass is 32.2. The zero-order valence-electron chi connectivity index (χ0n) is 25.6. The maximum Gasteiger partial charge on any atom is 0.410 e. The minimum Gasteiger partial charge on any atom is -0.490 e. The number of halogens is 1. The van der Waals surface area contributed by atoms with Crippen LogP contribution < -0.4 is 4.74 Å². The van der Waals surface area contributed by atoms with E-state index in [1.165, 1.54) is 18.5 Å². The lowest BCUT2D eigenvalue weighted by atomic mass is 9.94. The summed E-state index contributed by atoms with van der Waals surface area (Å²) in [6, 6.07) is 8.39. The summed E-state index contributed by atoms with van der Waals surface area (Å²) in [7, 11) is -0.819. The highest BCUT2D eigenvalue weighted by molar-refractivity contribution is 7.93. The van der Waals surface area contributed by atoms with Crippen LogP contribution >= 0.6 is 0 Å². The van der Waals surface area contributed by atoms with Crippen molar-refractivity contribution in [2.24, 2.45) is 4.36 Å². The van der Waals surface area contributed by atoms with Crippen LogP contribution in [0.5, 0.6) is 5.75 Å². The van der Waals surface area contributed by atoms with Gasteiger partial charge in [-0.05, 0) is 77.1 Å². The van der Waals surface area contributed by atoms with Crippen molar-refractivity contribution in [1.29, 1.82) is 0 Å². The van der Waals surface area contributed by atoms with E-state index in [1.54, 1.807) is 18.1 Å². The number of rotatable bonds is 6. The van der Waals surface area contributed by atoms with Crippen molar-refractivity contribution < 1.29 is 27.6 Å². The Labute approximate surface area is 253 Å². The molecule has 2 heterocycles. The van der Waals surface area contributed by atoms with Gasteiger partial charge in [-0.25, -0.2) is 23.4 Å². The van der Waals surface area contributed by atoms with Crippen LogP contribution in [0.1, 0.15) is 63.3 Å². The van der Waals surface area contributed by atoms with E-state index in [-0.39, 0.29) is 29.5 Å². The second-order valence-electron chi connectivity index (χ2n) is 12.4. The highest BCUT2D eigenvalue weighted by Crippen LogP contribution is 2.32. The van der Waals surface area contributed by atoms with Crippen molar-refractivity contribution in [1.82, 2.24) is 14.9 Å². The van der Waals surface area contributed by atoms with E-state index in [4.69, 9.17) is 14.2 Å². The molecule has 0 unspecified atom stereocenters. The molecule has 1 aliphatic heterocycles. The number of hydrogen-bond acceptors (Lipinski definition) is 8. The maximum absolute atomic E-state index is 14.3. The van der Waals surface area contributed by atoms with Crippen LogP contribution in [0.25, 0.3) is 10.9 Å². The van der Waals surface area contributed by atoms with Gasteiger partial charge in [0.05, 0.1) is 38.8 Å². The number of aryl methyl sites for hydroxylation is 1. The minimum absolute atomic E-state index is 0.0120. The quantitative estimate of drug-likeness (QED) is 0.319. The molecule has 0 atom stereocenters. The Morgan fingerprint density at radius 2 is 1.77 bits per heavy atom. The summed E-state index contributed by atoms with van der Waals surface area (Å²) >= 11 is 0. The highest BCUT2D eigenvalue weighted by Gasteiger charge is 2.28. The van der Waals surface area contributed by atoms with Crippen LogP contribution in [0.3, 0.4) is 0 Å². The summed E-state index contributed by atoms with van der Waals surface area (Å²) in [5, 5.41) is 0.882. The van der Waals surface area contributed by atoms with E-state index in [1.807, 2.05) is 39.8 Å². The molecule has 2 fully saturated rings. The summed E-state index contributed by atoms with van der Waals surface area (Å²) in [6.45, 7) is 8.09. The van der Waals surface area contributed by atoms with E-state index in [0.717, 1.165) is 47.9 Å². The Hall–Kier alpha value is -3.31. The second kappa shape index (κ2) is 12.7. The Morgan fingerprint density at radius 3 is 2.44 bits per heavy atom. The molecule has 232 valence electrons. The number of carbonyl (C=O) groups excluding carboxylic acids is 1. The molecule has 0 N–H and O–H groups in total. The van der Waals surface area contributed by atoms with Gasteiger partial charge in [0, 0.05) is 55.1 Å². The molecular weight excluding hydrogens is 571 g/mol. The Morgan fingerprint density at radius 1 is 1.07 bits per heavy atom. The molecule has 11 heteroatoms. The predicted octanol–water partition coefficient (Wildman–Crippen LogP) is 6.35. The van der Waals surface area contributed by atoms with E-state index < -0.39 is 21.4 Å². The van der Waals surface area contributed by atoms with E-state index in [2.05, 4.69) is 14.3 Å². The number of carbonyl (C=O) groups is 1. The average Bonchev–Trinajstić information content (AvgIpc) is 2.94. The van der Waals surface area contributed by atoms with Gasteiger partial charge in [0.1, 0.15) is 23.5 Å². The summed E-state index contributed by atoms with van der Waals surface area (Å²) < 4.78 is 49.8. The number of ether oxygens (including phenoxy) is 3.